The number of amides is 3. The van der Waals surface area contributed by atoms with Gasteiger partial charge in [0.05, 0.1) is 0 Å². The SMILES string of the molecule is Cc1ccc(NC(=O)C(C)C)cc1NC(=O)CCNC(=O)C1CC1C. The van der Waals surface area contributed by atoms with Gasteiger partial charge in [0, 0.05) is 36.2 Å². The first-order chi connectivity index (χ1) is 11.8. The molecule has 1 aliphatic rings. The van der Waals surface area contributed by atoms with Crippen LogP contribution in [0, 0.1) is 24.7 Å². The maximum Gasteiger partial charge on any atom is 0.226 e. The molecular weight excluding hydrogens is 318 g/mol. The summed E-state index contributed by atoms with van der Waals surface area (Å²) in [6.07, 6.45) is 1.15. The van der Waals surface area contributed by atoms with Gasteiger partial charge in [0.15, 0.2) is 0 Å². The number of hydrogen-bond acceptors (Lipinski definition) is 3. The number of carbonyl (C=O) groups excluding carboxylic acids is 3. The zero-order valence-corrected chi connectivity index (χ0v) is 15.3. The summed E-state index contributed by atoms with van der Waals surface area (Å²) in [6.45, 7) is 7.91. The molecule has 0 aliphatic heterocycles. The van der Waals surface area contributed by atoms with E-state index in [2.05, 4.69) is 16.0 Å². The molecule has 1 saturated carbocycles. The number of aryl methyl sites for hydroxylation is 1. The van der Waals surface area contributed by atoms with Gasteiger partial charge in [-0.05, 0) is 37.0 Å². The van der Waals surface area contributed by atoms with Crippen LogP contribution in [0.5, 0.6) is 0 Å². The highest BCUT2D eigenvalue weighted by molar-refractivity contribution is 5.95. The molecular formula is C19H27N3O3. The molecule has 3 N–H and O–H groups in total. The van der Waals surface area contributed by atoms with Crippen LogP contribution >= 0.6 is 0 Å². The fraction of sp³-hybridized carbons (Fsp3) is 0.526. The average molecular weight is 345 g/mol. The third-order valence-electron chi connectivity index (χ3n) is 4.40. The molecule has 1 fully saturated rings. The van der Waals surface area contributed by atoms with Crippen molar-refractivity contribution in [3.8, 4) is 0 Å². The van der Waals surface area contributed by atoms with Crippen molar-refractivity contribution in [2.45, 2.75) is 40.5 Å². The van der Waals surface area contributed by atoms with E-state index in [4.69, 9.17) is 0 Å². The van der Waals surface area contributed by atoms with Crippen molar-refractivity contribution in [1.82, 2.24) is 5.32 Å². The van der Waals surface area contributed by atoms with E-state index < -0.39 is 0 Å². The average Bonchev–Trinajstić information content (AvgIpc) is 3.27. The lowest BCUT2D eigenvalue weighted by atomic mass is 10.1. The molecule has 6 nitrogen and oxygen atoms in total. The van der Waals surface area contributed by atoms with Crippen LogP contribution in [0.15, 0.2) is 18.2 Å². The maximum absolute atomic E-state index is 12.1. The fourth-order valence-electron chi connectivity index (χ4n) is 2.45. The van der Waals surface area contributed by atoms with E-state index >= 15 is 0 Å². The lowest BCUT2D eigenvalue weighted by molar-refractivity contribution is -0.122. The molecule has 25 heavy (non-hydrogen) atoms. The highest BCUT2D eigenvalue weighted by atomic mass is 16.2. The van der Waals surface area contributed by atoms with Crippen LogP contribution in [0.1, 0.15) is 39.2 Å². The maximum atomic E-state index is 12.1. The first-order valence-corrected chi connectivity index (χ1v) is 8.77. The number of benzene rings is 1. The smallest absolute Gasteiger partial charge is 0.226 e. The van der Waals surface area contributed by atoms with Gasteiger partial charge < -0.3 is 16.0 Å². The molecule has 0 spiro atoms. The summed E-state index contributed by atoms with van der Waals surface area (Å²) >= 11 is 0. The molecule has 1 aliphatic carbocycles. The Morgan fingerprint density at radius 2 is 1.88 bits per heavy atom. The molecule has 0 aromatic heterocycles. The van der Waals surface area contributed by atoms with Gasteiger partial charge >= 0.3 is 0 Å². The Bertz CT molecular complexity index is 670. The highest BCUT2D eigenvalue weighted by Crippen LogP contribution is 2.37. The summed E-state index contributed by atoms with van der Waals surface area (Å²) in [5.74, 6) is 0.261. The Balaban J connectivity index is 1.84. The van der Waals surface area contributed by atoms with Gasteiger partial charge in [0.25, 0.3) is 0 Å². The standard InChI is InChI=1S/C19H27N3O3/c1-11(2)18(24)21-14-6-5-12(3)16(10-14)22-17(23)7-8-20-19(25)15-9-13(15)4/h5-6,10-11,13,15H,7-9H2,1-4H3,(H,20,25)(H,21,24)(H,22,23). The Labute approximate surface area is 148 Å². The van der Waals surface area contributed by atoms with Gasteiger partial charge in [-0.2, -0.15) is 0 Å². The largest absolute Gasteiger partial charge is 0.355 e. The minimum Gasteiger partial charge on any atom is -0.355 e. The second-order valence-corrected chi connectivity index (χ2v) is 7.08. The molecule has 136 valence electrons. The Morgan fingerprint density at radius 1 is 1.20 bits per heavy atom. The van der Waals surface area contributed by atoms with Crippen molar-refractivity contribution in [2.24, 2.45) is 17.8 Å². The molecule has 3 amide bonds. The van der Waals surface area contributed by atoms with E-state index in [1.165, 1.54) is 0 Å². The minimum absolute atomic E-state index is 0.0369. The summed E-state index contributed by atoms with van der Waals surface area (Å²) in [5.41, 5.74) is 2.22. The zero-order chi connectivity index (χ0) is 18.6. The summed E-state index contributed by atoms with van der Waals surface area (Å²) in [5, 5.41) is 8.45. The molecule has 2 atom stereocenters. The minimum atomic E-state index is -0.167. The molecule has 1 aromatic carbocycles. The number of nitrogens with one attached hydrogen (secondary N) is 3. The normalized spacial score (nSPS) is 18.6. The molecule has 0 radical (unpaired) electrons. The number of hydrogen-bond donors (Lipinski definition) is 3. The second kappa shape index (κ2) is 8.14. The summed E-state index contributed by atoms with van der Waals surface area (Å²) < 4.78 is 0. The summed E-state index contributed by atoms with van der Waals surface area (Å²) in [6, 6.07) is 5.40. The van der Waals surface area contributed by atoms with Gasteiger partial charge in [-0.25, -0.2) is 0 Å². The molecule has 1 aromatic rings. The predicted molar refractivity (Wildman–Crippen MR) is 98.2 cm³/mol. The molecule has 2 unspecified atom stereocenters. The molecule has 2 rings (SSSR count). The second-order valence-electron chi connectivity index (χ2n) is 7.08. The molecule has 0 bridgehead atoms. The lowest BCUT2D eigenvalue weighted by Crippen LogP contribution is -2.29. The highest BCUT2D eigenvalue weighted by Gasteiger charge is 2.38. The zero-order valence-electron chi connectivity index (χ0n) is 15.3. The van der Waals surface area contributed by atoms with E-state index in [1.54, 1.807) is 6.07 Å². The van der Waals surface area contributed by atoms with Crippen LogP contribution < -0.4 is 16.0 Å². The van der Waals surface area contributed by atoms with Gasteiger partial charge in [-0.3, -0.25) is 14.4 Å². The van der Waals surface area contributed by atoms with E-state index in [0.717, 1.165) is 12.0 Å². The summed E-state index contributed by atoms with van der Waals surface area (Å²) in [4.78, 5) is 35.6. The van der Waals surface area contributed by atoms with Gasteiger partial charge in [0.1, 0.15) is 0 Å². The van der Waals surface area contributed by atoms with Gasteiger partial charge in [0.2, 0.25) is 17.7 Å². The van der Waals surface area contributed by atoms with Crippen molar-refractivity contribution < 1.29 is 14.4 Å². The van der Waals surface area contributed by atoms with E-state index in [1.807, 2.05) is 39.8 Å². The quantitative estimate of drug-likeness (QED) is 0.710. The monoisotopic (exact) mass is 345 g/mol. The number of carbonyl (C=O) groups is 3. The molecule has 6 heteroatoms. The first-order valence-electron chi connectivity index (χ1n) is 8.77. The Hall–Kier alpha value is -2.37. The number of rotatable bonds is 7. The third-order valence-corrected chi connectivity index (χ3v) is 4.40. The van der Waals surface area contributed by atoms with Gasteiger partial charge in [-0.15, -0.1) is 0 Å². The summed E-state index contributed by atoms with van der Waals surface area (Å²) in [7, 11) is 0. The van der Waals surface area contributed by atoms with Crippen LogP contribution in [-0.4, -0.2) is 24.3 Å². The predicted octanol–water partition coefficient (Wildman–Crippen LogP) is 2.69. The molecule has 0 heterocycles. The molecule has 0 saturated heterocycles. The van der Waals surface area contributed by atoms with Crippen molar-refractivity contribution in [3.63, 3.8) is 0 Å². The Morgan fingerprint density at radius 3 is 2.48 bits per heavy atom. The first kappa shape index (κ1) is 19.0. The van der Waals surface area contributed by atoms with Crippen LogP contribution in [0.4, 0.5) is 11.4 Å². The fourth-order valence-corrected chi connectivity index (χ4v) is 2.45. The van der Waals surface area contributed by atoms with E-state index in [-0.39, 0.29) is 36.0 Å². The van der Waals surface area contributed by atoms with E-state index in [0.29, 0.717) is 23.8 Å². The third kappa shape index (κ3) is 5.59. The van der Waals surface area contributed by atoms with Crippen LogP contribution in [0.2, 0.25) is 0 Å². The van der Waals surface area contributed by atoms with Gasteiger partial charge in [-0.1, -0.05) is 26.8 Å². The topological polar surface area (TPSA) is 87.3 Å². The Kier molecular flexibility index (Phi) is 6.17. The van der Waals surface area contributed by atoms with Crippen LogP contribution in [0.25, 0.3) is 0 Å². The number of anilines is 2. The van der Waals surface area contributed by atoms with Crippen LogP contribution in [0.3, 0.4) is 0 Å². The van der Waals surface area contributed by atoms with E-state index in [9.17, 15) is 14.4 Å². The van der Waals surface area contributed by atoms with Crippen molar-refractivity contribution in [3.05, 3.63) is 23.8 Å². The van der Waals surface area contributed by atoms with Crippen molar-refractivity contribution >= 4 is 29.1 Å². The lowest BCUT2D eigenvalue weighted by Gasteiger charge is -2.13. The van der Waals surface area contributed by atoms with Crippen LogP contribution in [-0.2, 0) is 14.4 Å². The van der Waals surface area contributed by atoms with Crippen molar-refractivity contribution in [1.29, 1.82) is 0 Å². The van der Waals surface area contributed by atoms with Crippen molar-refractivity contribution in [2.75, 3.05) is 17.2 Å².